The van der Waals surface area contributed by atoms with Crippen molar-refractivity contribution < 1.29 is 0 Å². The van der Waals surface area contributed by atoms with Gasteiger partial charge in [-0.15, -0.1) is 0 Å². The Balaban J connectivity index is 4.23. The van der Waals surface area contributed by atoms with Crippen molar-refractivity contribution in [1.82, 2.24) is 0 Å². The first kappa shape index (κ1) is 10.5. The molecule has 0 nitrogen and oxygen atoms in total. The second-order valence-electron chi connectivity index (χ2n) is 5.21. The van der Waals surface area contributed by atoms with E-state index in [1.165, 1.54) is 0 Å². The molecular weight excluding hydrogens is 135 g/mol. The molecule has 0 aromatic carbocycles. The van der Waals surface area contributed by atoms with E-state index in [0.717, 1.165) is 0 Å². The monoisotopic (exact) mass is 154 g/mol. The fourth-order valence-electron chi connectivity index (χ4n) is 1.30. The first-order valence-electron chi connectivity index (χ1n) is 3.91. The minimum absolute atomic E-state index is 0.406. The summed E-state index contributed by atoms with van der Waals surface area (Å²) >= 11 is 2.95. The fourth-order valence-corrected chi connectivity index (χ4v) is 1.30. The Kier molecular flexibility index (Phi) is 3.03. The fraction of sp³-hybridized carbons (Fsp3) is 1.00. The summed E-state index contributed by atoms with van der Waals surface area (Å²) in [5.41, 5.74) is 0.811. The van der Waals surface area contributed by atoms with Gasteiger partial charge in [0.15, 0.2) is 0 Å². The molecule has 0 saturated heterocycles. The van der Waals surface area contributed by atoms with Gasteiger partial charge in [-0.05, 0) is 0 Å². The molecule has 0 N–H and O–H groups in total. The van der Waals surface area contributed by atoms with Gasteiger partial charge >= 0.3 is 73.4 Å². The third kappa shape index (κ3) is 3.08. The van der Waals surface area contributed by atoms with Crippen LogP contribution in [0, 0.1) is 10.8 Å². The first-order chi connectivity index (χ1) is 4.15. The Labute approximate surface area is 73.8 Å². The van der Waals surface area contributed by atoms with Gasteiger partial charge in [-0.25, -0.2) is 0 Å². The Morgan fingerprint density at radius 2 is 1.00 bits per heavy atom. The Morgan fingerprint density at radius 3 is 1.00 bits per heavy atom. The second kappa shape index (κ2) is 2.88. The zero-order chi connectivity index (χ0) is 8.58. The summed E-state index contributed by atoms with van der Waals surface area (Å²) < 4.78 is 0.681. The van der Waals surface area contributed by atoms with Crippen LogP contribution in [0.15, 0.2) is 0 Å². The molecule has 0 radical (unpaired) electrons. The molecule has 0 aromatic rings. The van der Waals surface area contributed by atoms with Crippen molar-refractivity contribution in [3.63, 3.8) is 0 Å². The van der Waals surface area contributed by atoms with Gasteiger partial charge in [0.1, 0.15) is 0 Å². The molecular formula is C9H19Al+2. The molecule has 1 heteroatoms. The van der Waals surface area contributed by atoms with Crippen LogP contribution >= 0.6 is 0 Å². The van der Waals surface area contributed by atoms with Crippen LogP contribution in [0.2, 0.25) is 4.78 Å². The van der Waals surface area contributed by atoms with E-state index >= 15 is 0 Å². The predicted molar refractivity (Wildman–Crippen MR) is 48.4 cm³/mol. The zero-order valence-corrected chi connectivity index (χ0v) is 9.31. The van der Waals surface area contributed by atoms with E-state index in [0.29, 0.717) is 15.6 Å². The van der Waals surface area contributed by atoms with E-state index in [1.807, 2.05) is 0 Å². The molecule has 0 saturated carbocycles. The first-order valence-corrected chi connectivity index (χ1v) is 4.58. The van der Waals surface area contributed by atoms with Gasteiger partial charge in [-0.1, -0.05) is 0 Å². The molecule has 10 heavy (non-hydrogen) atoms. The molecule has 0 unspecified atom stereocenters. The van der Waals surface area contributed by atoms with Crippen molar-refractivity contribution in [2.75, 3.05) is 0 Å². The van der Waals surface area contributed by atoms with Gasteiger partial charge in [-0.2, -0.15) is 0 Å². The summed E-state index contributed by atoms with van der Waals surface area (Å²) in [6.45, 7) is 13.7. The van der Waals surface area contributed by atoms with Gasteiger partial charge in [0, 0.05) is 0 Å². The summed E-state index contributed by atoms with van der Waals surface area (Å²) in [6.07, 6.45) is 0. The molecule has 0 amide bonds. The summed E-state index contributed by atoms with van der Waals surface area (Å²) in [7, 11) is 0. The van der Waals surface area contributed by atoms with E-state index in [2.05, 4.69) is 57.8 Å². The van der Waals surface area contributed by atoms with E-state index in [4.69, 9.17) is 0 Å². The Bertz CT molecular complexity index is 88.9. The van der Waals surface area contributed by atoms with Crippen LogP contribution in [-0.2, 0) is 0 Å². The third-order valence-electron chi connectivity index (χ3n) is 1.87. The number of hydrogen-bond donors (Lipinski definition) is 0. The summed E-state index contributed by atoms with van der Waals surface area (Å²) in [4.78, 5) is 0. The van der Waals surface area contributed by atoms with Crippen LogP contribution in [0.25, 0.3) is 0 Å². The van der Waals surface area contributed by atoms with Crippen molar-refractivity contribution in [3.8, 4) is 0 Å². The van der Waals surface area contributed by atoms with Crippen LogP contribution in [0.4, 0.5) is 0 Å². The van der Waals surface area contributed by atoms with E-state index in [9.17, 15) is 0 Å². The standard InChI is InChI=1S/C9H19.Al/c1-8(2,3)7-9(4,5)6;/h7H,1-6H3;/q;+2. The summed E-state index contributed by atoms with van der Waals surface area (Å²) in [5, 5.41) is 0. The minimum atomic E-state index is 0.406. The molecule has 0 heterocycles. The van der Waals surface area contributed by atoms with E-state index in [1.54, 1.807) is 0 Å². The SMILES string of the molecule is CC(C)(C)[CH]([Al+2])C(C)(C)C. The van der Waals surface area contributed by atoms with Crippen molar-refractivity contribution in [2.45, 2.75) is 46.3 Å². The van der Waals surface area contributed by atoms with Gasteiger partial charge in [0.25, 0.3) is 0 Å². The Morgan fingerprint density at radius 1 is 0.800 bits per heavy atom. The second-order valence-corrected chi connectivity index (χ2v) is 5.88. The molecule has 0 aliphatic rings. The van der Waals surface area contributed by atoms with Gasteiger partial charge in [0.2, 0.25) is 0 Å². The van der Waals surface area contributed by atoms with Crippen molar-refractivity contribution in [2.24, 2.45) is 10.8 Å². The van der Waals surface area contributed by atoms with Crippen LogP contribution in [0.5, 0.6) is 0 Å². The topological polar surface area (TPSA) is 0 Å². The summed E-state index contributed by atoms with van der Waals surface area (Å²) in [5.74, 6) is 0. The maximum absolute atomic E-state index is 2.95. The van der Waals surface area contributed by atoms with Crippen LogP contribution in [0.3, 0.4) is 0 Å². The average Bonchev–Trinajstić information content (AvgIpc) is 1.59. The third-order valence-corrected chi connectivity index (χ3v) is 3.87. The molecule has 0 rings (SSSR count). The van der Waals surface area contributed by atoms with Gasteiger partial charge in [0.05, 0.1) is 0 Å². The molecule has 0 atom stereocenters. The quantitative estimate of drug-likeness (QED) is 0.470. The van der Waals surface area contributed by atoms with E-state index in [-0.39, 0.29) is 0 Å². The number of rotatable bonds is 0. The molecule has 0 aliphatic carbocycles. The van der Waals surface area contributed by atoms with Gasteiger partial charge < -0.3 is 0 Å². The molecule has 0 spiro atoms. The zero-order valence-electron chi connectivity index (χ0n) is 8.15. The average molecular weight is 154 g/mol. The summed E-state index contributed by atoms with van der Waals surface area (Å²) in [6, 6.07) is 0. The van der Waals surface area contributed by atoms with Gasteiger partial charge in [-0.3, -0.25) is 0 Å². The van der Waals surface area contributed by atoms with Crippen molar-refractivity contribution in [1.29, 1.82) is 0 Å². The van der Waals surface area contributed by atoms with Crippen LogP contribution in [0.1, 0.15) is 41.5 Å². The number of hydrogen-bond acceptors (Lipinski definition) is 0. The Hall–Kier alpha value is 0.532. The van der Waals surface area contributed by atoms with Crippen molar-refractivity contribution >= 4 is 16.3 Å². The van der Waals surface area contributed by atoms with Crippen molar-refractivity contribution in [3.05, 3.63) is 0 Å². The predicted octanol–water partition coefficient (Wildman–Crippen LogP) is 3.04. The molecule has 0 aromatic heterocycles. The maximum atomic E-state index is 2.95. The molecule has 0 fully saturated rings. The molecule has 0 aliphatic heterocycles. The normalized spacial score (nSPS) is 14.5. The van der Waals surface area contributed by atoms with Crippen LogP contribution in [-0.4, -0.2) is 16.3 Å². The molecule has 0 bridgehead atoms. The van der Waals surface area contributed by atoms with Crippen LogP contribution < -0.4 is 0 Å². The van der Waals surface area contributed by atoms with E-state index < -0.39 is 0 Å². The molecule has 56 valence electrons.